The Kier molecular flexibility index (Phi) is 4.60. The summed E-state index contributed by atoms with van der Waals surface area (Å²) >= 11 is 3.66. The topological polar surface area (TPSA) is 21.8 Å². The lowest BCUT2D eigenvalue weighted by Gasteiger charge is -2.19. The normalized spacial score (nSPS) is 20.3. The van der Waals surface area contributed by atoms with Crippen molar-refractivity contribution in [3.05, 3.63) is 33.8 Å². The summed E-state index contributed by atoms with van der Waals surface area (Å²) in [7, 11) is 0. The van der Waals surface area contributed by atoms with E-state index in [0.29, 0.717) is 12.7 Å². The van der Waals surface area contributed by atoms with E-state index in [1.807, 2.05) is 0 Å². The average molecular weight is 299 g/mol. The van der Waals surface area contributed by atoms with E-state index in [4.69, 9.17) is 9.47 Å². The molecule has 3 heteroatoms. The lowest BCUT2D eigenvalue weighted by atomic mass is 10.0. The van der Waals surface area contributed by atoms with Crippen LogP contribution in [0.5, 0.6) is 0 Å². The van der Waals surface area contributed by atoms with Gasteiger partial charge in [-0.1, -0.05) is 47.5 Å². The fourth-order valence-corrected chi connectivity index (χ4v) is 2.42. The second-order valence-corrected chi connectivity index (χ2v) is 5.34. The van der Waals surface area contributed by atoms with Gasteiger partial charge in [0.05, 0.1) is 19.3 Å². The van der Waals surface area contributed by atoms with Crippen LogP contribution in [0.25, 0.3) is 0 Å². The predicted molar refractivity (Wildman–Crippen MR) is 72.2 cm³/mol. The summed E-state index contributed by atoms with van der Waals surface area (Å²) in [6.07, 6.45) is 2.68. The fraction of sp³-hybridized carbons (Fsp3) is 0.571. The van der Waals surface area contributed by atoms with Crippen LogP contribution in [0.1, 0.15) is 37.0 Å². The standard InChI is InChI=1S/C14H19BrO2/c1-3-5-13(17-9-11-8-16-11)12-7-4-6-10(2)14(12)15/h4,6-7,11,13H,3,5,8-9H2,1-2H3/t11?,13-/m1/s1. The summed E-state index contributed by atoms with van der Waals surface area (Å²) in [6, 6.07) is 6.35. The molecule has 1 unspecified atom stereocenters. The molecular weight excluding hydrogens is 280 g/mol. The zero-order valence-electron chi connectivity index (χ0n) is 10.4. The van der Waals surface area contributed by atoms with Crippen LogP contribution in [-0.2, 0) is 9.47 Å². The van der Waals surface area contributed by atoms with Gasteiger partial charge in [-0.25, -0.2) is 0 Å². The summed E-state index contributed by atoms with van der Waals surface area (Å²) in [4.78, 5) is 0. The van der Waals surface area contributed by atoms with E-state index in [1.165, 1.54) is 15.6 Å². The highest BCUT2D eigenvalue weighted by Gasteiger charge is 2.25. The molecule has 0 saturated carbocycles. The molecule has 1 aromatic carbocycles. The van der Waals surface area contributed by atoms with Gasteiger partial charge in [0, 0.05) is 4.47 Å². The maximum atomic E-state index is 5.97. The lowest BCUT2D eigenvalue weighted by Crippen LogP contribution is -2.10. The summed E-state index contributed by atoms with van der Waals surface area (Å²) in [5, 5.41) is 0. The molecule has 0 N–H and O–H groups in total. The van der Waals surface area contributed by atoms with Gasteiger partial charge in [-0.05, 0) is 24.5 Å². The summed E-state index contributed by atoms with van der Waals surface area (Å²) in [5.74, 6) is 0. The molecule has 1 aromatic rings. The van der Waals surface area contributed by atoms with Crippen molar-refractivity contribution >= 4 is 15.9 Å². The first-order valence-electron chi connectivity index (χ1n) is 6.20. The molecule has 2 atom stereocenters. The number of aryl methyl sites for hydroxylation is 1. The molecule has 0 bridgehead atoms. The van der Waals surface area contributed by atoms with Crippen molar-refractivity contribution in [3.8, 4) is 0 Å². The minimum Gasteiger partial charge on any atom is -0.371 e. The van der Waals surface area contributed by atoms with Gasteiger partial charge in [0.1, 0.15) is 6.10 Å². The first kappa shape index (κ1) is 13.1. The van der Waals surface area contributed by atoms with Gasteiger partial charge in [-0.2, -0.15) is 0 Å². The van der Waals surface area contributed by atoms with Crippen LogP contribution in [0.15, 0.2) is 22.7 Å². The second kappa shape index (κ2) is 5.98. The molecule has 1 heterocycles. The Hall–Kier alpha value is -0.380. The van der Waals surface area contributed by atoms with Crippen LogP contribution in [0, 0.1) is 6.92 Å². The smallest absolute Gasteiger partial charge is 0.104 e. The second-order valence-electron chi connectivity index (χ2n) is 4.54. The van der Waals surface area contributed by atoms with Crippen LogP contribution in [0.3, 0.4) is 0 Å². The molecule has 0 amide bonds. The Bertz CT molecular complexity index is 374. The van der Waals surface area contributed by atoms with Gasteiger partial charge in [0.15, 0.2) is 0 Å². The van der Waals surface area contributed by atoms with Crippen LogP contribution < -0.4 is 0 Å². The molecule has 17 heavy (non-hydrogen) atoms. The molecule has 1 fully saturated rings. The van der Waals surface area contributed by atoms with Gasteiger partial charge in [0.25, 0.3) is 0 Å². The van der Waals surface area contributed by atoms with Crippen molar-refractivity contribution in [3.63, 3.8) is 0 Å². The Morgan fingerprint density at radius 2 is 2.29 bits per heavy atom. The van der Waals surface area contributed by atoms with Crippen molar-refractivity contribution in [2.24, 2.45) is 0 Å². The number of hydrogen-bond acceptors (Lipinski definition) is 2. The first-order valence-corrected chi connectivity index (χ1v) is 7.00. The summed E-state index contributed by atoms with van der Waals surface area (Å²) in [5.41, 5.74) is 2.52. The predicted octanol–water partition coefficient (Wildman–Crippen LogP) is 4.01. The number of epoxide rings is 1. The lowest BCUT2D eigenvalue weighted by molar-refractivity contribution is 0.0354. The Labute approximate surface area is 111 Å². The molecule has 94 valence electrons. The molecule has 1 aliphatic heterocycles. The van der Waals surface area contributed by atoms with Gasteiger partial charge in [-0.15, -0.1) is 0 Å². The van der Waals surface area contributed by atoms with Gasteiger partial charge in [0.2, 0.25) is 0 Å². The molecule has 0 aromatic heterocycles. The zero-order chi connectivity index (χ0) is 12.3. The SMILES string of the molecule is CCC[C@@H](OCC1CO1)c1cccc(C)c1Br. The van der Waals surface area contributed by atoms with Crippen LogP contribution in [-0.4, -0.2) is 19.3 Å². The molecule has 2 nitrogen and oxygen atoms in total. The average Bonchev–Trinajstić information content (AvgIpc) is 3.12. The monoisotopic (exact) mass is 298 g/mol. The number of rotatable bonds is 6. The van der Waals surface area contributed by atoms with E-state index in [9.17, 15) is 0 Å². The van der Waals surface area contributed by atoms with Crippen LogP contribution >= 0.6 is 15.9 Å². The quantitative estimate of drug-likeness (QED) is 0.740. The van der Waals surface area contributed by atoms with Crippen molar-refractivity contribution in [1.29, 1.82) is 0 Å². The molecule has 0 spiro atoms. The minimum atomic E-state index is 0.179. The Morgan fingerprint density at radius 3 is 2.94 bits per heavy atom. The van der Waals surface area contributed by atoms with E-state index in [-0.39, 0.29) is 6.10 Å². The number of ether oxygens (including phenoxy) is 2. The molecule has 1 aliphatic rings. The first-order chi connectivity index (χ1) is 8.22. The molecule has 0 aliphatic carbocycles. The van der Waals surface area contributed by atoms with Crippen molar-refractivity contribution in [1.82, 2.24) is 0 Å². The Balaban J connectivity index is 2.09. The Morgan fingerprint density at radius 1 is 1.53 bits per heavy atom. The molecule has 0 radical (unpaired) electrons. The maximum absolute atomic E-state index is 5.97. The number of benzene rings is 1. The van der Waals surface area contributed by atoms with Gasteiger partial charge in [-0.3, -0.25) is 0 Å². The third-order valence-electron chi connectivity index (χ3n) is 3.01. The third-order valence-corrected chi connectivity index (χ3v) is 4.09. The van der Waals surface area contributed by atoms with E-state index in [2.05, 4.69) is 48.0 Å². The van der Waals surface area contributed by atoms with Crippen LogP contribution in [0.4, 0.5) is 0 Å². The fourth-order valence-electron chi connectivity index (χ4n) is 1.90. The highest BCUT2D eigenvalue weighted by Crippen LogP contribution is 2.32. The maximum Gasteiger partial charge on any atom is 0.104 e. The number of halogens is 1. The zero-order valence-corrected chi connectivity index (χ0v) is 12.0. The van der Waals surface area contributed by atoms with E-state index >= 15 is 0 Å². The molecule has 1 saturated heterocycles. The third kappa shape index (κ3) is 3.54. The van der Waals surface area contributed by atoms with Gasteiger partial charge < -0.3 is 9.47 Å². The number of hydrogen-bond donors (Lipinski definition) is 0. The van der Waals surface area contributed by atoms with Crippen molar-refractivity contribution in [2.45, 2.75) is 38.9 Å². The van der Waals surface area contributed by atoms with Crippen molar-refractivity contribution < 1.29 is 9.47 Å². The summed E-state index contributed by atoms with van der Waals surface area (Å²) in [6.45, 7) is 5.87. The van der Waals surface area contributed by atoms with E-state index in [1.54, 1.807) is 0 Å². The van der Waals surface area contributed by atoms with E-state index in [0.717, 1.165) is 19.4 Å². The molecular formula is C14H19BrO2. The largest absolute Gasteiger partial charge is 0.371 e. The van der Waals surface area contributed by atoms with Gasteiger partial charge >= 0.3 is 0 Å². The highest BCUT2D eigenvalue weighted by molar-refractivity contribution is 9.10. The highest BCUT2D eigenvalue weighted by atomic mass is 79.9. The van der Waals surface area contributed by atoms with Crippen molar-refractivity contribution in [2.75, 3.05) is 13.2 Å². The molecule has 2 rings (SSSR count). The summed E-state index contributed by atoms with van der Waals surface area (Å²) < 4.78 is 12.3. The minimum absolute atomic E-state index is 0.179. The van der Waals surface area contributed by atoms with E-state index < -0.39 is 0 Å². The van der Waals surface area contributed by atoms with Crippen LogP contribution in [0.2, 0.25) is 0 Å².